The van der Waals surface area contributed by atoms with Crippen molar-refractivity contribution in [2.75, 3.05) is 31.2 Å². The van der Waals surface area contributed by atoms with Crippen molar-refractivity contribution < 1.29 is 29.0 Å². The topological polar surface area (TPSA) is 96.4 Å². The molecule has 5 atom stereocenters. The summed E-state index contributed by atoms with van der Waals surface area (Å²) in [6, 6.07) is 4.94. The van der Waals surface area contributed by atoms with Crippen LogP contribution in [0.4, 0.5) is 5.69 Å². The Kier molecular flexibility index (Phi) is 8.19. The smallest absolute Gasteiger partial charge is 0.312 e. The average Bonchev–Trinajstić information content (AvgIpc) is 3.51. The number of aliphatic hydroxyl groups excluding tert-OH is 1. The van der Waals surface area contributed by atoms with Gasteiger partial charge in [-0.15, -0.1) is 13.2 Å². The number of aliphatic hydroxyl groups is 1. The van der Waals surface area contributed by atoms with Crippen molar-refractivity contribution >= 4 is 23.5 Å². The number of esters is 1. The van der Waals surface area contributed by atoms with Crippen LogP contribution in [0.3, 0.4) is 0 Å². The number of carbonyl (C=O) groups is 3. The van der Waals surface area contributed by atoms with Crippen molar-refractivity contribution in [1.29, 1.82) is 0 Å². The quantitative estimate of drug-likeness (QED) is 0.264. The van der Waals surface area contributed by atoms with E-state index < -0.39 is 35.6 Å². The molecular weight excluding hydrogens is 472 g/mol. The molecule has 200 valence electrons. The maximum Gasteiger partial charge on any atom is 0.312 e. The van der Waals surface area contributed by atoms with Crippen molar-refractivity contribution in [1.82, 2.24) is 4.90 Å². The van der Waals surface area contributed by atoms with Crippen LogP contribution < -0.4 is 4.90 Å². The minimum atomic E-state index is -1.10. The Bertz CT molecular complexity index is 1050. The Morgan fingerprint density at radius 2 is 1.97 bits per heavy atom. The summed E-state index contributed by atoms with van der Waals surface area (Å²) in [5, 5.41) is 9.54. The molecule has 0 radical (unpaired) electrons. The van der Waals surface area contributed by atoms with Gasteiger partial charge >= 0.3 is 5.97 Å². The van der Waals surface area contributed by atoms with E-state index in [1.807, 2.05) is 32.0 Å². The van der Waals surface area contributed by atoms with E-state index >= 15 is 0 Å². The van der Waals surface area contributed by atoms with Gasteiger partial charge in [0.2, 0.25) is 5.91 Å². The lowest BCUT2D eigenvalue weighted by atomic mass is 9.70. The third kappa shape index (κ3) is 4.61. The Morgan fingerprint density at radius 1 is 1.24 bits per heavy atom. The Hall–Kier alpha value is -2.97. The van der Waals surface area contributed by atoms with E-state index in [1.165, 1.54) is 4.90 Å². The minimum Gasteiger partial charge on any atom is -0.465 e. The van der Waals surface area contributed by atoms with E-state index in [2.05, 4.69) is 13.2 Å². The molecule has 1 N–H and O–H groups in total. The molecule has 3 aliphatic rings. The van der Waals surface area contributed by atoms with Crippen LogP contribution in [0.15, 0.2) is 43.5 Å². The van der Waals surface area contributed by atoms with Gasteiger partial charge in [-0.2, -0.15) is 0 Å². The average molecular weight is 511 g/mol. The maximum absolute atomic E-state index is 14.4. The number of anilines is 1. The molecule has 3 heterocycles. The molecule has 3 aliphatic heterocycles. The number of unbranched alkanes of at least 4 members (excludes halogenated alkanes) is 1. The number of para-hydroxylation sites is 1. The highest BCUT2D eigenvalue weighted by Gasteiger charge is 2.75. The van der Waals surface area contributed by atoms with Gasteiger partial charge in [-0.1, -0.05) is 30.4 Å². The molecule has 2 unspecified atom stereocenters. The molecule has 0 aliphatic carbocycles. The predicted octanol–water partition coefficient (Wildman–Crippen LogP) is 3.09. The lowest BCUT2D eigenvalue weighted by Crippen LogP contribution is -2.56. The highest BCUT2D eigenvalue weighted by molar-refractivity contribution is 6.05. The second-order valence-electron chi connectivity index (χ2n) is 10.2. The number of fused-ring (bicyclic) bond motifs is 1. The van der Waals surface area contributed by atoms with Crippen molar-refractivity contribution in [3.63, 3.8) is 0 Å². The fraction of sp³-hybridized carbons (Fsp3) is 0.552. The Morgan fingerprint density at radius 3 is 2.62 bits per heavy atom. The van der Waals surface area contributed by atoms with Gasteiger partial charge in [0.25, 0.3) is 5.91 Å². The maximum atomic E-state index is 14.4. The number of nitrogens with zero attached hydrogens (tertiary/aromatic N) is 2. The van der Waals surface area contributed by atoms with Crippen LogP contribution in [0.5, 0.6) is 0 Å². The zero-order chi connectivity index (χ0) is 26.7. The van der Waals surface area contributed by atoms with Gasteiger partial charge in [0, 0.05) is 25.4 Å². The molecule has 4 rings (SSSR count). The molecule has 1 spiro atoms. The number of amides is 2. The molecule has 8 nitrogen and oxygen atoms in total. The van der Waals surface area contributed by atoms with Gasteiger partial charge in [-0.3, -0.25) is 14.4 Å². The number of benzene rings is 1. The fourth-order valence-corrected chi connectivity index (χ4v) is 6.48. The molecular formula is C29H38N2O6. The summed E-state index contributed by atoms with van der Waals surface area (Å²) in [6.07, 6.45) is 5.79. The van der Waals surface area contributed by atoms with Crippen molar-refractivity contribution in [3.8, 4) is 0 Å². The van der Waals surface area contributed by atoms with Crippen LogP contribution >= 0.6 is 0 Å². The first-order valence-electron chi connectivity index (χ1n) is 13.2. The van der Waals surface area contributed by atoms with E-state index in [4.69, 9.17) is 9.47 Å². The standard InChI is InChI=1S/C29H38N2O6/c1-5-7-8-18-36-28(35)22-21-13-14-29(37-21)23(22)26(33)31(16-10-17-32)25(29)27(34)30(15-6-2)24-19(3)11-9-12-20(24)4/h5-6,9,11-12,21-23,25,32H,1-2,7-8,10,13-18H2,3-4H3/t21-,22+,23-,25?,29?/m0/s1. The minimum absolute atomic E-state index is 0.117. The molecule has 0 saturated carbocycles. The van der Waals surface area contributed by atoms with Crippen LogP contribution in [0.2, 0.25) is 0 Å². The Balaban J connectivity index is 1.71. The summed E-state index contributed by atoms with van der Waals surface area (Å²) in [5.74, 6) is -2.50. The summed E-state index contributed by atoms with van der Waals surface area (Å²) in [4.78, 5) is 44.7. The molecule has 0 aromatic heterocycles. The van der Waals surface area contributed by atoms with Gasteiger partial charge in [0.05, 0.1) is 24.5 Å². The summed E-state index contributed by atoms with van der Waals surface area (Å²) >= 11 is 0. The lowest BCUT2D eigenvalue weighted by Gasteiger charge is -2.37. The van der Waals surface area contributed by atoms with Crippen molar-refractivity contribution in [2.45, 2.75) is 63.7 Å². The first-order chi connectivity index (χ1) is 17.8. The SMILES string of the molecule is C=CCCCOC(=O)[C@@H]1[C@@H]2CCC3(O2)C(C(=O)N(CC=C)c2c(C)cccc2C)N(CCCO)C(=O)[C@H]13. The summed E-state index contributed by atoms with van der Waals surface area (Å²) in [6.45, 7) is 12.0. The molecule has 3 saturated heterocycles. The zero-order valence-corrected chi connectivity index (χ0v) is 21.9. The first kappa shape index (κ1) is 27.1. The second-order valence-corrected chi connectivity index (χ2v) is 10.2. The normalized spacial score (nSPS) is 27.8. The van der Waals surface area contributed by atoms with E-state index in [0.29, 0.717) is 25.7 Å². The molecule has 2 amide bonds. The number of carbonyl (C=O) groups excluding carboxylic acids is 3. The monoisotopic (exact) mass is 510 g/mol. The van der Waals surface area contributed by atoms with Crippen LogP contribution in [0, 0.1) is 25.7 Å². The number of hydrogen-bond acceptors (Lipinski definition) is 6. The molecule has 1 aromatic rings. The molecule has 8 heteroatoms. The number of ether oxygens (including phenoxy) is 2. The fourth-order valence-electron chi connectivity index (χ4n) is 6.48. The third-order valence-corrected chi connectivity index (χ3v) is 7.95. The van der Waals surface area contributed by atoms with Crippen LogP contribution in [-0.4, -0.2) is 71.8 Å². The van der Waals surface area contributed by atoms with E-state index in [0.717, 1.165) is 23.2 Å². The molecule has 37 heavy (non-hydrogen) atoms. The van der Waals surface area contributed by atoms with Crippen molar-refractivity contribution in [2.24, 2.45) is 11.8 Å². The number of allylic oxidation sites excluding steroid dienone is 1. The molecule has 3 fully saturated rings. The number of hydrogen-bond donors (Lipinski definition) is 1. The number of likely N-dealkylation sites (tertiary alicyclic amines) is 1. The van der Waals surface area contributed by atoms with E-state index in [-0.39, 0.29) is 38.1 Å². The lowest BCUT2D eigenvalue weighted by molar-refractivity contribution is -0.155. The van der Waals surface area contributed by atoms with Crippen LogP contribution in [0.25, 0.3) is 0 Å². The van der Waals surface area contributed by atoms with Gasteiger partial charge in [-0.25, -0.2) is 0 Å². The molecule has 1 aromatic carbocycles. The second kappa shape index (κ2) is 11.2. The third-order valence-electron chi connectivity index (χ3n) is 7.95. The van der Waals surface area contributed by atoms with E-state index in [1.54, 1.807) is 17.1 Å². The van der Waals surface area contributed by atoms with Gasteiger partial charge < -0.3 is 24.4 Å². The predicted molar refractivity (Wildman–Crippen MR) is 140 cm³/mol. The summed E-state index contributed by atoms with van der Waals surface area (Å²) in [5.41, 5.74) is 1.56. The highest BCUT2D eigenvalue weighted by Crippen LogP contribution is 2.59. The van der Waals surface area contributed by atoms with E-state index in [9.17, 15) is 19.5 Å². The Labute approximate surface area is 218 Å². The number of aryl methyl sites for hydroxylation is 2. The molecule has 2 bridgehead atoms. The number of rotatable bonds is 12. The van der Waals surface area contributed by atoms with Gasteiger partial charge in [0.15, 0.2) is 0 Å². The van der Waals surface area contributed by atoms with Crippen LogP contribution in [0.1, 0.15) is 43.2 Å². The van der Waals surface area contributed by atoms with Gasteiger partial charge in [0.1, 0.15) is 11.6 Å². The largest absolute Gasteiger partial charge is 0.465 e. The first-order valence-corrected chi connectivity index (χ1v) is 13.2. The zero-order valence-electron chi connectivity index (χ0n) is 21.9. The highest BCUT2D eigenvalue weighted by atomic mass is 16.6. The van der Waals surface area contributed by atoms with Crippen molar-refractivity contribution in [3.05, 3.63) is 54.6 Å². The van der Waals surface area contributed by atoms with Gasteiger partial charge in [-0.05, 0) is 57.1 Å². The summed E-state index contributed by atoms with van der Waals surface area (Å²) in [7, 11) is 0. The van der Waals surface area contributed by atoms with Crippen LogP contribution in [-0.2, 0) is 23.9 Å². The summed E-state index contributed by atoms with van der Waals surface area (Å²) < 4.78 is 12.0.